The molecule has 4 rings (SSSR count). The van der Waals surface area contributed by atoms with Crippen molar-refractivity contribution in [1.82, 2.24) is 20.4 Å². The molecule has 0 radical (unpaired) electrons. The minimum Gasteiger partial charge on any atom is -0.353 e. The van der Waals surface area contributed by atoms with Crippen molar-refractivity contribution >= 4 is 11.8 Å². The Balaban J connectivity index is 1.54. The number of likely N-dealkylation sites (tertiary alicyclic amines) is 1. The largest absolute Gasteiger partial charge is 0.353 e. The fourth-order valence-electron chi connectivity index (χ4n) is 4.83. The van der Waals surface area contributed by atoms with Crippen LogP contribution < -0.4 is 5.32 Å². The fraction of sp³-hybridized carbons (Fsp3) is 0.789. The number of rotatable bonds is 4. The lowest BCUT2D eigenvalue weighted by atomic mass is 9.80. The van der Waals surface area contributed by atoms with Crippen molar-refractivity contribution in [3.05, 3.63) is 11.7 Å². The molecule has 2 amide bonds. The molecule has 0 spiro atoms. The van der Waals surface area contributed by atoms with Crippen LogP contribution in [0.15, 0.2) is 4.52 Å². The maximum Gasteiger partial charge on any atom is 0.235 e. The first kappa shape index (κ1) is 17.5. The van der Waals surface area contributed by atoms with Gasteiger partial charge >= 0.3 is 0 Å². The maximum absolute atomic E-state index is 12.5. The van der Waals surface area contributed by atoms with E-state index in [-0.39, 0.29) is 41.0 Å². The van der Waals surface area contributed by atoms with Crippen LogP contribution in [0.2, 0.25) is 0 Å². The van der Waals surface area contributed by atoms with Crippen molar-refractivity contribution in [1.29, 1.82) is 0 Å². The summed E-state index contributed by atoms with van der Waals surface area (Å²) in [6.07, 6.45) is 4.80. The molecular formula is C19H28N4O3. The molecule has 1 aromatic heterocycles. The van der Waals surface area contributed by atoms with Crippen molar-refractivity contribution < 1.29 is 14.1 Å². The van der Waals surface area contributed by atoms with Crippen LogP contribution in [0, 0.1) is 24.7 Å². The van der Waals surface area contributed by atoms with Gasteiger partial charge < -0.3 is 14.7 Å². The van der Waals surface area contributed by atoms with Crippen molar-refractivity contribution in [2.45, 2.75) is 64.3 Å². The van der Waals surface area contributed by atoms with Crippen LogP contribution in [0.5, 0.6) is 0 Å². The van der Waals surface area contributed by atoms with E-state index in [2.05, 4.69) is 15.5 Å². The van der Waals surface area contributed by atoms with E-state index in [0.717, 1.165) is 32.1 Å². The van der Waals surface area contributed by atoms with Crippen molar-refractivity contribution in [2.75, 3.05) is 13.1 Å². The monoisotopic (exact) mass is 360 g/mol. The molecule has 1 saturated heterocycles. The number of carbonyl (C=O) groups excluding carboxylic acids is 2. The molecule has 3 fully saturated rings. The predicted octanol–water partition coefficient (Wildman–Crippen LogP) is 1.81. The average Bonchev–Trinajstić information content (AvgIpc) is 3.16. The smallest absolute Gasteiger partial charge is 0.235 e. The summed E-state index contributed by atoms with van der Waals surface area (Å²) < 4.78 is 5.56. The Labute approximate surface area is 153 Å². The highest BCUT2D eigenvalue weighted by Crippen LogP contribution is 2.50. The zero-order valence-electron chi connectivity index (χ0n) is 15.8. The highest BCUT2D eigenvalue weighted by molar-refractivity contribution is 5.80. The van der Waals surface area contributed by atoms with Crippen molar-refractivity contribution in [3.8, 4) is 0 Å². The predicted molar refractivity (Wildman–Crippen MR) is 94.1 cm³/mol. The van der Waals surface area contributed by atoms with E-state index < -0.39 is 0 Å². The van der Waals surface area contributed by atoms with Crippen LogP contribution in [-0.2, 0) is 15.0 Å². The maximum atomic E-state index is 12.5. The van der Waals surface area contributed by atoms with Crippen LogP contribution >= 0.6 is 0 Å². The van der Waals surface area contributed by atoms with Gasteiger partial charge in [0, 0.05) is 31.0 Å². The summed E-state index contributed by atoms with van der Waals surface area (Å²) in [5.74, 6) is 2.01. The van der Waals surface area contributed by atoms with E-state index in [1.54, 1.807) is 0 Å². The van der Waals surface area contributed by atoms with E-state index in [1.807, 2.05) is 25.7 Å². The Hall–Kier alpha value is -1.92. The van der Waals surface area contributed by atoms with E-state index in [4.69, 9.17) is 4.52 Å². The molecule has 7 heteroatoms. The van der Waals surface area contributed by atoms with Gasteiger partial charge in [0.2, 0.25) is 17.7 Å². The van der Waals surface area contributed by atoms with E-state index in [1.165, 1.54) is 0 Å². The third-order valence-electron chi connectivity index (χ3n) is 6.46. The normalized spacial score (nSPS) is 31.2. The lowest BCUT2D eigenvalue weighted by Gasteiger charge is -2.28. The van der Waals surface area contributed by atoms with Gasteiger partial charge in [-0.15, -0.1) is 0 Å². The Kier molecular flexibility index (Phi) is 4.28. The van der Waals surface area contributed by atoms with Crippen molar-refractivity contribution in [2.24, 2.45) is 17.8 Å². The van der Waals surface area contributed by atoms with Gasteiger partial charge in [0.15, 0.2) is 5.82 Å². The fourth-order valence-corrected chi connectivity index (χ4v) is 4.83. The van der Waals surface area contributed by atoms with Crippen LogP contribution in [-0.4, -0.2) is 46.0 Å². The Bertz CT molecular complexity index is 711. The third-order valence-corrected chi connectivity index (χ3v) is 6.46. The highest BCUT2D eigenvalue weighted by Gasteiger charge is 2.58. The molecule has 7 nitrogen and oxygen atoms in total. The van der Waals surface area contributed by atoms with E-state index in [0.29, 0.717) is 24.8 Å². The second kappa shape index (κ2) is 6.35. The zero-order valence-corrected chi connectivity index (χ0v) is 15.8. The number of amides is 2. The van der Waals surface area contributed by atoms with Gasteiger partial charge in [-0.1, -0.05) is 25.4 Å². The molecule has 1 aliphatic heterocycles. The quantitative estimate of drug-likeness (QED) is 0.885. The minimum atomic E-state index is -0.330. The zero-order chi connectivity index (χ0) is 18.5. The number of hydrogen-bond donors (Lipinski definition) is 1. The molecule has 1 aromatic rings. The van der Waals surface area contributed by atoms with Crippen LogP contribution in [0.4, 0.5) is 0 Å². The third kappa shape index (κ3) is 2.81. The molecule has 2 aliphatic carbocycles. The Morgan fingerprint density at radius 3 is 2.69 bits per heavy atom. The van der Waals surface area contributed by atoms with Gasteiger partial charge in [0.1, 0.15) is 0 Å². The molecule has 142 valence electrons. The lowest BCUT2D eigenvalue weighted by Crippen LogP contribution is -2.43. The molecule has 2 saturated carbocycles. The van der Waals surface area contributed by atoms with Gasteiger partial charge in [-0.3, -0.25) is 9.59 Å². The standard InChI is InChI=1S/C19H28N4O3/c1-11(2)17(25)23-9-14-7-15(21-16(24)13-5-4-6-13)8-19(14,10-23)18-20-12(3)22-26-18/h11,13-15H,4-10H2,1-3H3,(H,21,24)/t14?,15-,19+/m1/s1. The van der Waals surface area contributed by atoms with Crippen molar-refractivity contribution in [3.63, 3.8) is 0 Å². The summed E-state index contributed by atoms with van der Waals surface area (Å²) in [6.45, 7) is 6.99. The second-order valence-electron chi connectivity index (χ2n) is 8.65. The summed E-state index contributed by atoms with van der Waals surface area (Å²) in [5, 5.41) is 7.23. The van der Waals surface area contributed by atoms with Crippen LogP contribution in [0.3, 0.4) is 0 Å². The van der Waals surface area contributed by atoms with Gasteiger partial charge in [-0.2, -0.15) is 4.98 Å². The van der Waals surface area contributed by atoms with Gasteiger partial charge in [-0.05, 0) is 38.5 Å². The van der Waals surface area contributed by atoms with E-state index in [9.17, 15) is 9.59 Å². The molecular weight excluding hydrogens is 332 g/mol. The number of nitrogens with zero attached hydrogens (tertiary/aromatic N) is 3. The summed E-state index contributed by atoms with van der Waals surface area (Å²) in [7, 11) is 0. The number of fused-ring (bicyclic) bond motifs is 1. The Morgan fingerprint density at radius 1 is 1.35 bits per heavy atom. The number of aromatic nitrogens is 2. The molecule has 1 N–H and O–H groups in total. The number of carbonyl (C=O) groups is 2. The number of hydrogen-bond acceptors (Lipinski definition) is 5. The SMILES string of the molecule is Cc1noc([C@]23C[C@H](NC(=O)C4CCC4)CC2CN(C(=O)C(C)C)C3)n1. The first-order valence-electron chi connectivity index (χ1n) is 9.79. The molecule has 3 atom stereocenters. The molecule has 0 bridgehead atoms. The minimum absolute atomic E-state index is 0.0237. The highest BCUT2D eigenvalue weighted by atomic mass is 16.5. The molecule has 26 heavy (non-hydrogen) atoms. The number of aryl methyl sites for hydroxylation is 1. The Morgan fingerprint density at radius 2 is 2.12 bits per heavy atom. The first-order valence-corrected chi connectivity index (χ1v) is 9.79. The average molecular weight is 360 g/mol. The van der Waals surface area contributed by atoms with Crippen LogP contribution in [0.1, 0.15) is 57.7 Å². The lowest BCUT2D eigenvalue weighted by molar-refractivity contribution is -0.134. The van der Waals surface area contributed by atoms with Crippen LogP contribution in [0.25, 0.3) is 0 Å². The molecule has 0 aromatic carbocycles. The van der Waals surface area contributed by atoms with Gasteiger partial charge in [0.05, 0.1) is 5.41 Å². The van der Waals surface area contributed by atoms with Gasteiger partial charge in [0.25, 0.3) is 0 Å². The second-order valence-corrected chi connectivity index (χ2v) is 8.65. The van der Waals surface area contributed by atoms with E-state index >= 15 is 0 Å². The summed E-state index contributed by atoms with van der Waals surface area (Å²) in [5.41, 5.74) is -0.330. The van der Waals surface area contributed by atoms with Gasteiger partial charge in [-0.25, -0.2) is 0 Å². The molecule has 2 heterocycles. The topological polar surface area (TPSA) is 88.3 Å². The first-order chi connectivity index (χ1) is 12.4. The summed E-state index contributed by atoms with van der Waals surface area (Å²) in [6, 6.07) is 0.122. The molecule has 1 unspecified atom stereocenters. The number of nitrogens with one attached hydrogen (secondary N) is 1. The summed E-state index contributed by atoms with van der Waals surface area (Å²) >= 11 is 0. The summed E-state index contributed by atoms with van der Waals surface area (Å²) in [4.78, 5) is 31.4. The molecule has 3 aliphatic rings.